The molecule has 0 heterocycles. The summed E-state index contributed by atoms with van der Waals surface area (Å²) >= 11 is 0. The van der Waals surface area contributed by atoms with Crippen LogP contribution in [0.25, 0.3) is 0 Å². The molecule has 1 aromatic rings. The summed E-state index contributed by atoms with van der Waals surface area (Å²) < 4.78 is 12.7. The second kappa shape index (κ2) is 5.62. The first-order valence-electron chi connectivity index (χ1n) is 5.76. The molecule has 1 rings (SSSR count). The van der Waals surface area contributed by atoms with Crippen LogP contribution in [0.2, 0.25) is 0 Å². The first-order chi connectivity index (χ1) is 8.45. The molecule has 0 aliphatic heterocycles. The third-order valence-electron chi connectivity index (χ3n) is 3.08. The first kappa shape index (κ1) is 14.2. The van der Waals surface area contributed by atoms with E-state index in [1.807, 2.05) is 0 Å². The average Bonchev–Trinajstić information content (AvgIpc) is 2.36. The van der Waals surface area contributed by atoms with Crippen LogP contribution >= 0.6 is 0 Å². The molecule has 0 aromatic heterocycles. The van der Waals surface area contributed by atoms with Crippen molar-refractivity contribution in [1.82, 2.24) is 5.32 Å². The summed E-state index contributed by atoms with van der Waals surface area (Å²) in [7, 11) is 0. The maximum Gasteiger partial charge on any atom is 0.329 e. The van der Waals surface area contributed by atoms with Gasteiger partial charge < -0.3 is 10.4 Å². The molecule has 98 valence electrons. The normalized spacial score (nSPS) is 11.1. The zero-order chi connectivity index (χ0) is 13.8. The molecule has 0 radical (unpaired) electrons. The lowest BCUT2D eigenvalue weighted by molar-refractivity contribution is -0.144. The number of carbonyl (C=O) groups excluding carboxylic acids is 1. The van der Waals surface area contributed by atoms with E-state index >= 15 is 0 Å². The summed E-state index contributed by atoms with van der Waals surface area (Å²) in [5.41, 5.74) is -1.03. The SMILES string of the molecule is CCC(CC)(NC(=O)c1ccc(F)cc1)C(=O)O. The fraction of sp³-hybridized carbons (Fsp3) is 0.385. The van der Waals surface area contributed by atoms with Gasteiger partial charge in [-0.15, -0.1) is 0 Å². The Balaban J connectivity index is 2.91. The van der Waals surface area contributed by atoms with Gasteiger partial charge in [0.15, 0.2) is 0 Å². The fourth-order valence-corrected chi connectivity index (χ4v) is 1.67. The minimum Gasteiger partial charge on any atom is -0.480 e. The van der Waals surface area contributed by atoms with E-state index in [1.165, 1.54) is 12.1 Å². The lowest BCUT2D eigenvalue weighted by Crippen LogP contribution is -2.53. The van der Waals surface area contributed by atoms with Crippen LogP contribution in [0, 0.1) is 5.82 Å². The topological polar surface area (TPSA) is 66.4 Å². The molecule has 0 unspecified atom stereocenters. The molecule has 0 aliphatic carbocycles. The molecule has 0 atom stereocenters. The van der Waals surface area contributed by atoms with Crippen molar-refractivity contribution in [2.75, 3.05) is 0 Å². The lowest BCUT2D eigenvalue weighted by atomic mass is 9.92. The maximum atomic E-state index is 12.7. The number of carboxylic acids is 1. The second-order valence-electron chi connectivity index (χ2n) is 4.06. The summed E-state index contributed by atoms with van der Waals surface area (Å²) in [6.07, 6.45) is 0.567. The lowest BCUT2D eigenvalue weighted by Gasteiger charge is -2.28. The van der Waals surface area contributed by atoms with Crippen LogP contribution in [0.5, 0.6) is 0 Å². The third kappa shape index (κ3) is 2.85. The first-order valence-corrected chi connectivity index (χ1v) is 5.76. The number of aliphatic carboxylic acids is 1. The van der Waals surface area contributed by atoms with Crippen molar-refractivity contribution in [2.24, 2.45) is 0 Å². The van der Waals surface area contributed by atoms with Gasteiger partial charge in [0.05, 0.1) is 0 Å². The third-order valence-corrected chi connectivity index (χ3v) is 3.08. The van der Waals surface area contributed by atoms with Crippen LogP contribution in [0.3, 0.4) is 0 Å². The molecule has 18 heavy (non-hydrogen) atoms. The quantitative estimate of drug-likeness (QED) is 0.845. The number of amides is 1. The molecule has 0 bridgehead atoms. The largest absolute Gasteiger partial charge is 0.480 e. The zero-order valence-electron chi connectivity index (χ0n) is 10.4. The number of nitrogens with one attached hydrogen (secondary N) is 1. The van der Waals surface area contributed by atoms with Gasteiger partial charge in [0.25, 0.3) is 5.91 Å². The molecule has 1 aromatic carbocycles. The van der Waals surface area contributed by atoms with E-state index < -0.39 is 23.2 Å². The Hall–Kier alpha value is -1.91. The number of benzene rings is 1. The molecule has 0 saturated heterocycles. The highest BCUT2D eigenvalue weighted by atomic mass is 19.1. The number of rotatable bonds is 5. The van der Waals surface area contributed by atoms with Crippen molar-refractivity contribution in [1.29, 1.82) is 0 Å². The second-order valence-corrected chi connectivity index (χ2v) is 4.06. The highest BCUT2D eigenvalue weighted by Gasteiger charge is 2.36. The highest BCUT2D eigenvalue weighted by Crippen LogP contribution is 2.16. The molecule has 1 amide bonds. The van der Waals surface area contributed by atoms with E-state index in [2.05, 4.69) is 5.32 Å². The Bertz CT molecular complexity index is 438. The summed E-state index contributed by atoms with van der Waals surface area (Å²) in [4.78, 5) is 23.1. The standard InChI is InChI=1S/C13H16FNO3/c1-3-13(4-2,12(17)18)15-11(16)9-5-7-10(14)8-6-9/h5-8H,3-4H2,1-2H3,(H,15,16)(H,17,18). The van der Waals surface area contributed by atoms with Gasteiger partial charge >= 0.3 is 5.97 Å². The van der Waals surface area contributed by atoms with Crippen LogP contribution in [0.1, 0.15) is 37.0 Å². The Kier molecular flexibility index (Phi) is 4.42. The van der Waals surface area contributed by atoms with Gasteiger partial charge in [0.1, 0.15) is 11.4 Å². The van der Waals surface area contributed by atoms with E-state index in [1.54, 1.807) is 13.8 Å². The van der Waals surface area contributed by atoms with Crippen LogP contribution in [-0.2, 0) is 4.79 Å². The molecule has 0 saturated carbocycles. The van der Waals surface area contributed by atoms with Crippen LogP contribution < -0.4 is 5.32 Å². The molecule has 4 nitrogen and oxygen atoms in total. The zero-order valence-corrected chi connectivity index (χ0v) is 10.4. The number of carbonyl (C=O) groups is 2. The van der Waals surface area contributed by atoms with E-state index in [-0.39, 0.29) is 18.4 Å². The van der Waals surface area contributed by atoms with Gasteiger partial charge in [-0.2, -0.15) is 0 Å². The molecule has 5 heteroatoms. The Morgan fingerprint density at radius 3 is 2.11 bits per heavy atom. The summed E-state index contributed by atoms with van der Waals surface area (Å²) in [6, 6.07) is 4.97. The molecule has 0 spiro atoms. The van der Waals surface area contributed by atoms with E-state index in [0.29, 0.717) is 0 Å². The van der Waals surface area contributed by atoms with Crippen LogP contribution in [-0.4, -0.2) is 22.5 Å². The molecule has 2 N–H and O–H groups in total. The van der Waals surface area contributed by atoms with Gasteiger partial charge in [0.2, 0.25) is 0 Å². The Morgan fingerprint density at radius 2 is 1.72 bits per heavy atom. The summed E-state index contributed by atoms with van der Waals surface area (Å²) in [6.45, 7) is 3.39. The van der Waals surface area contributed by atoms with Gasteiger partial charge in [-0.1, -0.05) is 13.8 Å². The van der Waals surface area contributed by atoms with Crippen molar-refractivity contribution in [3.05, 3.63) is 35.6 Å². The van der Waals surface area contributed by atoms with Crippen molar-refractivity contribution < 1.29 is 19.1 Å². The van der Waals surface area contributed by atoms with Gasteiger partial charge in [-0.3, -0.25) is 4.79 Å². The molecule has 0 fully saturated rings. The maximum absolute atomic E-state index is 12.7. The van der Waals surface area contributed by atoms with Gasteiger partial charge in [-0.25, -0.2) is 9.18 Å². The minimum absolute atomic E-state index is 0.240. The van der Waals surface area contributed by atoms with Gasteiger partial charge in [-0.05, 0) is 37.1 Å². The predicted molar refractivity (Wildman–Crippen MR) is 64.8 cm³/mol. The smallest absolute Gasteiger partial charge is 0.329 e. The fourth-order valence-electron chi connectivity index (χ4n) is 1.67. The summed E-state index contributed by atoms with van der Waals surface area (Å²) in [5, 5.41) is 11.7. The van der Waals surface area contributed by atoms with Crippen LogP contribution in [0.4, 0.5) is 4.39 Å². The van der Waals surface area contributed by atoms with E-state index in [4.69, 9.17) is 0 Å². The Morgan fingerprint density at radius 1 is 1.22 bits per heavy atom. The summed E-state index contributed by atoms with van der Waals surface area (Å²) in [5.74, 6) is -2.02. The number of carboxylic acid groups (broad SMARTS) is 1. The number of halogens is 1. The molecule has 0 aliphatic rings. The van der Waals surface area contributed by atoms with E-state index in [9.17, 15) is 19.1 Å². The predicted octanol–water partition coefficient (Wildman–Crippen LogP) is 2.20. The van der Waals surface area contributed by atoms with Crippen molar-refractivity contribution >= 4 is 11.9 Å². The van der Waals surface area contributed by atoms with Crippen molar-refractivity contribution in [2.45, 2.75) is 32.2 Å². The number of hydrogen-bond acceptors (Lipinski definition) is 2. The number of hydrogen-bond donors (Lipinski definition) is 2. The highest BCUT2D eigenvalue weighted by molar-refractivity contribution is 5.97. The van der Waals surface area contributed by atoms with E-state index in [0.717, 1.165) is 12.1 Å². The monoisotopic (exact) mass is 253 g/mol. The molecular weight excluding hydrogens is 237 g/mol. The average molecular weight is 253 g/mol. The molecular formula is C13H16FNO3. The van der Waals surface area contributed by atoms with Crippen LogP contribution in [0.15, 0.2) is 24.3 Å². The minimum atomic E-state index is -1.27. The Labute approximate surface area is 105 Å². The van der Waals surface area contributed by atoms with Crippen molar-refractivity contribution in [3.8, 4) is 0 Å². The van der Waals surface area contributed by atoms with Gasteiger partial charge in [0, 0.05) is 5.56 Å². The van der Waals surface area contributed by atoms with Crippen molar-refractivity contribution in [3.63, 3.8) is 0 Å².